The lowest BCUT2D eigenvalue weighted by Crippen LogP contribution is -2.36. The molecule has 2 N–H and O–H groups in total. The molecule has 1 aliphatic carbocycles. The molecule has 0 radical (unpaired) electrons. The number of hydrogen-bond donors (Lipinski definition) is 2. The number of rotatable bonds is 3. The van der Waals surface area contributed by atoms with Crippen LogP contribution >= 0.6 is 15.9 Å². The van der Waals surface area contributed by atoms with Gasteiger partial charge in [0.15, 0.2) is 0 Å². The van der Waals surface area contributed by atoms with Gasteiger partial charge in [0.25, 0.3) is 0 Å². The molecule has 2 atom stereocenters. The Morgan fingerprint density at radius 2 is 1.95 bits per heavy atom. The zero-order valence-corrected chi connectivity index (χ0v) is 11.9. The molecule has 2 rings (SSSR count). The SMILES string of the molecule is O=C(O)C1CCCCC1C(=O)Nc1cncc(Br)c1. The number of carboxylic acids is 1. The van der Waals surface area contributed by atoms with Crippen molar-refractivity contribution < 1.29 is 14.7 Å². The Morgan fingerprint density at radius 1 is 1.26 bits per heavy atom. The molecule has 0 aliphatic heterocycles. The van der Waals surface area contributed by atoms with E-state index in [2.05, 4.69) is 26.2 Å². The summed E-state index contributed by atoms with van der Waals surface area (Å²) in [6.07, 6.45) is 6.14. The molecule has 0 spiro atoms. The van der Waals surface area contributed by atoms with Crippen molar-refractivity contribution in [1.29, 1.82) is 0 Å². The highest BCUT2D eigenvalue weighted by atomic mass is 79.9. The largest absolute Gasteiger partial charge is 0.481 e. The Kier molecular flexibility index (Phi) is 4.52. The second-order valence-corrected chi connectivity index (χ2v) is 5.63. The van der Waals surface area contributed by atoms with Crippen LogP contribution in [-0.4, -0.2) is 22.0 Å². The van der Waals surface area contributed by atoms with E-state index in [0.29, 0.717) is 18.5 Å². The van der Waals surface area contributed by atoms with Crippen LogP contribution in [0.25, 0.3) is 0 Å². The van der Waals surface area contributed by atoms with Crippen molar-refractivity contribution in [3.05, 3.63) is 22.9 Å². The number of halogens is 1. The number of carboxylic acid groups (broad SMARTS) is 1. The van der Waals surface area contributed by atoms with Crippen LogP contribution in [0.3, 0.4) is 0 Å². The smallest absolute Gasteiger partial charge is 0.307 e. The van der Waals surface area contributed by atoms with Gasteiger partial charge < -0.3 is 10.4 Å². The zero-order chi connectivity index (χ0) is 13.8. The first-order valence-corrected chi connectivity index (χ1v) is 7.01. The first-order valence-electron chi connectivity index (χ1n) is 6.22. The Morgan fingerprint density at radius 3 is 2.58 bits per heavy atom. The summed E-state index contributed by atoms with van der Waals surface area (Å²) >= 11 is 3.28. The van der Waals surface area contributed by atoms with Crippen molar-refractivity contribution in [2.45, 2.75) is 25.7 Å². The molecule has 0 bridgehead atoms. The van der Waals surface area contributed by atoms with Gasteiger partial charge in [0.1, 0.15) is 0 Å². The molecule has 1 fully saturated rings. The molecule has 0 aromatic carbocycles. The van der Waals surface area contributed by atoms with Crippen LogP contribution in [0.5, 0.6) is 0 Å². The average molecular weight is 327 g/mol. The maximum Gasteiger partial charge on any atom is 0.307 e. The number of nitrogens with one attached hydrogen (secondary N) is 1. The second kappa shape index (κ2) is 6.14. The van der Waals surface area contributed by atoms with Crippen LogP contribution in [0.15, 0.2) is 22.9 Å². The number of pyridine rings is 1. The van der Waals surface area contributed by atoms with Gasteiger partial charge in [0.05, 0.1) is 23.7 Å². The fraction of sp³-hybridized carbons (Fsp3) is 0.462. The molecule has 5 nitrogen and oxygen atoms in total. The van der Waals surface area contributed by atoms with Crippen LogP contribution in [-0.2, 0) is 9.59 Å². The number of carbonyl (C=O) groups is 2. The van der Waals surface area contributed by atoms with Gasteiger partial charge in [-0.2, -0.15) is 0 Å². The lowest BCUT2D eigenvalue weighted by molar-refractivity contribution is -0.147. The first kappa shape index (κ1) is 14.0. The summed E-state index contributed by atoms with van der Waals surface area (Å²) in [5.74, 6) is -2.14. The highest BCUT2D eigenvalue weighted by molar-refractivity contribution is 9.10. The Bertz CT molecular complexity index is 493. The van der Waals surface area contributed by atoms with Crippen LogP contribution in [0, 0.1) is 11.8 Å². The maximum absolute atomic E-state index is 12.2. The molecule has 2 unspecified atom stereocenters. The van der Waals surface area contributed by atoms with E-state index in [4.69, 9.17) is 5.11 Å². The standard InChI is InChI=1S/C13H15BrN2O3/c14-8-5-9(7-15-6-8)16-12(17)10-3-1-2-4-11(10)13(18)19/h5-7,10-11H,1-4H2,(H,16,17)(H,18,19). The molecule has 19 heavy (non-hydrogen) atoms. The van der Waals surface area contributed by atoms with E-state index in [0.717, 1.165) is 17.3 Å². The third-order valence-electron chi connectivity index (χ3n) is 3.39. The quantitative estimate of drug-likeness (QED) is 0.894. The van der Waals surface area contributed by atoms with Crippen LogP contribution < -0.4 is 5.32 Å². The van der Waals surface area contributed by atoms with Crippen LogP contribution in [0.1, 0.15) is 25.7 Å². The topological polar surface area (TPSA) is 79.3 Å². The van der Waals surface area contributed by atoms with Gasteiger partial charge in [-0.1, -0.05) is 12.8 Å². The van der Waals surface area contributed by atoms with Crippen molar-refractivity contribution in [2.24, 2.45) is 11.8 Å². The molecule has 1 amide bonds. The molecule has 1 aromatic rings. The van der Waals surface area contributed by atoms with Gasteiger partial charge in [-0.15, -0.1) is 0 Å². The summed E-state index contributed by atoms with van der Waals surface area (Å²) in [7, 11) is 0. The van der Waals surface area contributed by atoms with Crippen LogP contribution in [0.4, 0.5) is 5.69 Å². The van der Waals surface area contributed by atoms with Crippen molar-refractivity contribution in [2.75, 3.05) is 5.32 Å². The molecular formula is C13H15BrN2O3. The van der Waals surface area contributed by atoms with E-state index >= 15 is 0 Å². The second-order valence-electron chi connectivity index (χ2n) is 4.72. The number of anilines is 1. The number of amides is 1. The number of hydrogen-bond acceptors (Lipinski definition) is 3. The highest BCUT2D eigenvalue weighted by Crippen LogP contribution is 2.31. The van der Waals surface area contributed by atoms with Gasteiger partial charge in [-0.3, -0.25) is 14.6 Å². The molecule has 1 heterocycles. The number of aliphatic carboxylic acids is 1. The molecule has 1 aliphatic rings. The van der Waals surface area contributed by atoms with Gasteiger partial charge in [-0.05, 0) is 34.8 Å². The summed E-state index contributed by atoms with van der Waals surface area (Å²) < 4.78 is 0.767. The monoisotopic (exact) mass is 326 g/mol. The zero-order valence-electron chi connectivity index (χ0n) is 10.3. The molecular weight excluding hydrogens is 312 g/mol. The molecule has 1 saturated carbocycles. The predicted octanol–water partition coefficient (Wildman–Crippen LogP) is 2.67. The molecule has 1 aromatic heterocycles. The maximum atomic E-state index is 12.2. The van der Waals surface area contributed by atoms with Crippen molar-refractivity contribution in [3.63, 3.8) is 0 Å². The van der Waals surface area contributed by atoms with E-state index in [1.165, 1.54) is 0 Å². The fourth-order valence-electron chi connectivity index (χ4n) is 2.46. The van der Waals surface area contributed by atoms with Gasteiger partial charge in [0.2, 0.25) is 5.91 Å². The van der Waals surface area contributed by atoms with Crippen molar-refractivity contribution in [3.8, 4) is 0 Å². The molecule has 0 saturated heterocycles. The van der Waals surface area contributed by atoms with E-state index in [9.17, 15) is 9.59 Å². The van der Waals surface area contributed by atoms with E-state index in [-0.39, 0.29) is 5.91 Å². The Hall–Kier alpha value is -1.43. The minimum Gasteiger partial charge on any atom is -0.481 e. The highest BCUT2D eigenvalue weighted by Gasteiger charge is 2.35. The summed E-state index contributed by atoms with van der Waals surface area (Å²) in [6.45, 7) is 0. The molecule has 6 heteroatoms. The van der Waals surface area contributed by atoms with Crippen molar-refractivity contribution in [1.82, 2.24) is 4.98 Å². The van der Waals surface area contributed by atoms with Gasteiger partial charge in [0, 0.05) is 10.7 Å². The predicted molar refractivity (Wildman–Crippen MR) is 73.7 cm³/mol. The van der Waals surface area contributed by atoms with E-state index in [1.807, 2.05) is 0 Å². The molecule has 102 valence electrons. The fourth-order valence-corrected chi connectivity index (χ4v) is 2.82. The first-order chi connectivity index (χ1) is 9.08. The van der Waals surface area contributed by atoms with E-state index in [1.54, 1.807) is 18.5 Å². The normalized spacial score (nSPS) is 22.8. The summed E-state index contributed by atoms with van der Waals surface area (Å²) in [4.78, 5) is 27.3. The Labute approximate surface area is 119 Å². The summed E-state index contributed by atoms with van der Waals surface area (Å²) in [5.41, 5.74) is 0.578. The third kappa shape index (κ3) is 3.53. The van der Waals surface area contributed by atoms with Crippen LogP contribution in [0.2, 0.25) is 0 Å². The van der Waals surface area contributed by atoms with E-state index < -0.39 is 17.8 Å². The number of carbonyl (C=O) groups excluding carboxylic acids is 1. The van der Waals surface area contributed by atoms with Gasteiger partial charge in [-0.25, -0.2) is 0 Å². The van der Waals surface area contributed by atoms with Gasteiger partial charge >= 0.3 is 5.97 Å². The van der Waals surface area contributed by atoms with Crippen molar-refractivity contribution >= 4 is 33.5 Å². The number of aromatic nitrogens is 1. The summed E-state index contributed by atoms with van der Waals surface area (Å²) in [5, 5.41) is 11.9. The lowest BCUT2D eigenvalue weighted by atomic mass is 9.78. The Balaban J connectivity index is 2.07. The minimum absolute atomic E-state index is 0.230. The lowest BCUT2D eigenvalue weighted by Gasteiger charge is -2.27. The summed E-state index contributed by atoms with van der Waals surface area (Å²) in [6, 6.07) is 1.74. The minimum atomic E-state index is -0.882. The third-order valence-corrected chi connectivity index (χ3v) is 3.83. The average Bonchev–Trinajstić information content (AvgIpc) is 2.38. The number of nitrogens with zero attached hydrogens (tertiary/aromatic N) is 1.